The van der Waals surface area contributed by atoms with Crippen molar-refractivity contribution in [3.8, 4) is 11.8 Å². The maximum absolute atomic E-state index is 12.9. The molecule has 1 heterocycles. The number of esters is 1. The van der Waals surface area contributed by atoms with Crippen LogP contribution in [0.3, 0.4) is 0 Å². The number of anilines is 1. The number of likely N-dealkylation sites (tertiary alicyclic amines) is 1. The highest BCUT2D eigenvalue weighted by atomic mass is 16.5. The summed E-state index contributed by atoms with van der Waals surface area (Å²) in [5.41, 5.74) is 3.90. The van der Waals surface area contributed by atoms with Crippen LogP contribution in [-0.2, 0) is 27.2 Å². The summed E-state index contributed by atoms with van der Waals surface area (Å²) in [7, 11) is 1.35. The van der Waals surface area contributed by atoms with Crippen molar-refractivity contribution in [2.45, 2.75) is 52.0 Å². The van der Waals surface area contributed by atoms with Gasteiger partial charge >= 0.3 is 5.97 Å². The molecule has 3 rings (SSSR count). The van der Waals surface area contributed by atoms with Crippen LogP contribution in [0.15, 0.2) is 36.4 Å². The third-order valence-corrected chi connectivity index (χ3v) is 6.05. The molecule has 1 atom stereocenters. The predicted molar refractivity (Wildman–Crippen MR) is 131 cm³/mol. The molecule has 7 heteroatoms. The van der Waals surface area contributed by atoms with Crippen molar-refractivity contribution in [1.82, 2.24) is 4.90 Å². The van der Waals surface area contributed by atoms with Crippen LogP contribution in [0.4, 0.5) is 5.69 Å². The highest BCUT2D eigenvalue weighted by Crippen LogP contribution is 2.35. The number of amides is 1. The molecule has 1 amide bonds. The summed E-state index contributed by atoms with van der Waals surface area (Å²) < 4.78 is 11.3. The van der Waals surface area contributed by atoms with E-state index in [-0.39, 0.29) is 12.5 Å². The van der Waals surface area contributed by atoms with Gasteiger partial charge in [-0.05, 0) is 67.1 Å². The zero-order valence-corrected chi connectivity index (χ0v) is 20.2. The number of hydrogen-bond donors (Lipinski definition) is 1. The van der Waals surface area contributed by atoms with Gasteiger partial charge in [-0.1, -0.05) is 26.3 Å². The van der Waals surface area contributed by atoms with Crippen molar-refractivity contribution in [3.63, 3.8) is 0 Å². The fourth-order valence-electron chi connectivity index (χ4n) is 4.21. The molecule has 180 valence electrons. The topological polar surface area (TPSA) is 91.7 Å². The molecule has 1 unspecified atom stereocenters. The van der Waals surface area contributed by atoms with E-state index in [2.05, 4.69) is 31.3 Å². The van der Waals surface area contributed by atoms with Gasteiger partial charge in [-0.15, -0.1) is 0 Å². The Morgan fingerprint density at radius 2 is 1.85 bits per heavy atom. The van der Waals surface area contributed by atoms with Gasteiger partial charge < -0.3 is 19.7 Å². The second kappa shape index (κ2) is 12.1. The molecule has 1 fully saturated rings. The summed E-state index contributed by atoms with van der Waals surface area (Å²) in [5, 5.41) is 12.3. The minimum Gasteiger partial charge on any atom is -0.483 e. The van der Waals surface area contributed by atoms with E-state index >= 15 is 0 Å². The van der Waals surface area contributed by atoms with Crippen LogP contribution in [0.1, 0.15) is 61.4 Å². The van der Waals surface area contributed by atoms with E-state index in [1.54, 1.807) is 24.3 Å². The first-order valence-corrected chi connectivity index (χ1v) is 11.9. The molecule has 2 aromatic rings. The SMILES string of the molecule is CCCc1cc(CC)cc(C(Nc2ccc(C#N)cc2)C(=O)OC)c1OCC(=O)N1CCCC1. The molecule has 0 aromatic heterocycles. The Hall–Kier alpha value is -3.53. The monoisotopic (exact) mass is 463 g/mol. The van der Waals surface area contributed by atoms with Gasteiger partial charge in [-0.3, -0.25) is 4.79 Å². The molecule has 0 saturated carbocycles. The summed E-state index contributed by atoms with van der Waals surface area (Å²) in [6.07, 6.45) is 4.49. The Bertz CT molecular complexity index is 1040. The van der Waals surface area contributed by atoms with Crippen LogP contribution in [0.2, 0.25) is 0 Å². The van der Waals surface area contributed by atoms with Crippen LogP contribution < -0.4 is 10.1 Å². The van der Waals surface area contributed by atoms with E-state index in [1.165, 1.54) is 7.11 Å². The molecular formula is C27H33N3O4. The summed E-state index contributed by atoms with van der Waals surface area (Å²) in [6.45, 7) is 5.60. The molecule has 1 N–H and O–H groups in total. The summed E-state index contributed by atoms with van der Waals surface area (Å²) in [5.74, 6) is 0.0547. The van der Waals surface area contributed by atoms with E-state index in [0.29, 0.717) is 22.6 Å². The maximum atomic E-state index is 12.9. The quantitative estimate of drug-likeness (QED) is 0.525. The van der Waals surface area contributed by atoms with Crippen LogP contribution in [0, 0.1) is 11.3 Å². The number of nitrogens with one attached hydrogen (secondary N) is 1. The number of nitrogens with zero attached hydrogens (tertiary/aromatic N) is 2. The smallest absolute Gasteiger partial charge is 0.333 e. The zero-order chi connectivity index (χ0) is 24.5. The molecule has 1 saturated heterocycles. The van der Waals surface area contributed by atoms with Crippen LogP contribution in [0.25, 0.3) is 0 Å². The maximum Gasteiger partial charge on any atom is 0.333 e. The molecule has 7 nitrogen and oxygen atoms in total. The third kappa shape index (κ3) is 6.07. The highest BCUT2D eigenvalue weighted by Gasteiger charge is 2.28. The number of rotatable bonds is 10. The lowest BCUT2D eigenvalue weighted by atomic mass is 9.95. The van der Waals surface area contributed by atoms with Gasteiger partial charge in [0.25, 0.3) is 5.91 Å². The number of carbonyl (C=O) groups is 2. The van der Waals surface area contributed by atoms with Crippen molar-refractivity contribution in [3.05, 3.63) is 58.7 Å². The van der Waals surface area contributed by atoms with Gasteiger partial charge in [0.05, 0.1) is 18.7 Å². The van der Waals surface area contributed by atoms with Crippen molar-refractivity contribution < 1.29 is 19.1 Å². The van der Waals surface area contributed by atoms with Gasteiger partial charge in [0.15, 0.2) is 12.6 Å². The van der Waals surface area contributed by atoms with Gasteiger partial charge in [0, 0.05) is 24.3 Å². The average molecular weight is 464 g/mol. The Morgan fingerprint density at radius 1 is 1.15 bits per heavy atom. The number of ether oxygens (including phenoxy) is 2. The Kier molecular flexibility index (Phi) is 8.92. The van der Waals surface area contributed by atoms with E-state index in [9.17, 15) is 9.59 Å². The third-order valence-electron chi connectivity index (χ3n) is 6.05. The number of methoxy groups -OCH3 is 1. The van der Waals surface area contributed by atoms with E-state index in [4.69, 9.17) is 14.7 Å². The highest BCUT2D eigenvalue weighted by molar-refractivity contribution is 5.83. The lowest BCUT2D eigenvalue weighted by Crippen LogP contribution is -2.32. The fraction of sp³-hybridized carbons (Fsp3) is 0.444. The Labute approximate surface area is 201 Å². The van der Waals surface area contributed by atoms with Crippen LogP contribution in [-0.4, -0.2) is 43.6 Å². The molecular weight excluding hydrogens is 430 g/mol. The number of aryl methyl sites for hydroxylation is 2. The van der Waals surface area contributed by atoms with Crippen LogP contribution in [0.5, 0.6) is 5.75 Å². The number of hydrogen-bond acceptors (Lipinski definition) is 6. The normalized spacial score (nSPS) is 13.8. The van der Waals surface area contributed by atoms with Gasteiger partial charge in [0.1, 0.15) is 5.75 Å². The molecule has 0 radical (unpaired) electrons. The first kappa shape index (κ1) is 25.1. The van der Waals surface area contributed by atoms with Gasteiger partial charge in [-0.2, -0.15) is 5.26 Å². The Balaban J connectivity index is 2.00. The van der Waals surface area contributed by atoms with Crippen molar-refractivity contribution in [2.75, 3.05) is 32.1 Å². The van der Waals surface area contributed by atoms with Crippen molar-refractivity contribution in [2.24, 2.45) is 0 Å². The predicted octanol–water partition coefficient (Wildman–Crippen LogP) is 4.40. The van der Waals surface area contributed by atoms with E-state index in [1.807, 2.05) is 11.0 Å². The largest absolute Gasteiger partial charge is 0.483 e. The molecule has 0 aliphatic carbocycles. The fourth-order valence-corrected chi connectivity index (χ4v) is 4.21. The second-order valence-corrected chi connectivity index (χ2v) is 8.44. The minimum atomic E-state index is -0.836. The molecule has 1 aliphatic rings. The lowest BCUT2D eigenvalue weighted by Gasteiger charge is -2.24. The number of carbonyl (C=O) groups excluding carboxylic acids is 2. The average Bonchev–Trinajstić information content (AvgIpc) is 3.41. The first-order valence-electron chi connectivity index (χ1n) is 11.9. The second-order valence-electron chi connectivity index (χ2n) is 8.44. The molecule has 0 bridgehead atoms. The molecule has 34 heavy (non-hydrogen) atoms. The number of nitriles is 1. The molecule has 1 aliphatic heterocycles. The minimum absolute atomic E-state index is 0.0415. The first-order chi connectivity index (χ1) is 16.5. The zero-order valence-electron chi connectivity index (χ0n) is 20.2. The van der Waals surface area contributed by atoms with Gasteiger partial charge in [-0.25, -0.2) is 4.79 Å². The molecule has 0 spiro atoms. The summed E-state index contributed by atoms with van der Waals surface area (Å²) in [6, 6.07) is 12.2. The van der Waals surface area contributed by atoms with Crippen molar-refractivity contribution in [1.29, 1.82) is 5.26 Å². The Morgan fingerprint density at radius 3 is 2.44 bits per heavy atom. The number of benzene rings is 2. The van der Waals surface area contributed by atoms with Crippen LogP contribution >= 0.6 is 0 Å². The molecule has 2 aromatic carbocycles. The summed E-state index contributed by atoms with van der Waals surface area (Å²) >= 11 is 0. The van der Waals surface area contributed by atoms with E-state index in [0.717, 1.165) is 56.3 Å². The standard InChI is InChI=1S/C27H33N3O4/c1-4-8-21-15-19(5-2)16-23(26(21)34-18-24(31)30-13-6-7-14-30)25(27(32)33-3)29-22-11-9-20(17-28)10-12-22/h9-12,15-16,25,29H,4-8,13-14,18H2,1-3H3. The summed E-state index contributed by atoms with van der Waals surface area (Å²) in [4.78, 5) is 27.5. The van der Waals surface area contributed by atoms with Crippen molar-refractivity contribution >= 4 is 17.6 Å². The lowest BCUT2D eigenvalue weighted by molar-refractivity contribution is -0.141. The van der Waals surface area contributed by atoms with E-state index < -0.39 is 12.0 Å². The van der Waals surface area contributed by atoms with Gasteiger partial charge in [0.2, 0.25) is 0 Å².